The van der Waals surface area contributed by atoms with E-state index in [1.54, 1.807) is 23.2 Å². The van der Waals surface area contributed by atoms with E-state index in [1.165, 1.54) is 0 Å². The molecule has 34 heavy (non-hydrogen) atoms. The Morgan fingerprint density at radius 1 is 1.15 bits per heavy atom. The van der Waals surface area contributed by atoms with Gasteiger partial charge in [0.25, 0.3) is 0 Å². The van der Waals surface area contributed by atoms with Crippen LogP contribution in [0, 0.1) is 0 Å². The molecule has 1 aliphatic rings. The summed E-state index contributed by atoms with van der Waals surface area (Å²) in [6.45, 7) is 2.47. The largest absolute Gasteiger partial charge is 0.478 e. The lowest BCUT2D eigenvalue weighted by Crippen LogP contribution is -2.30. The molecule has 0 bridgehead atoms. The van der Waals surface area contributed by atoms with Gasteiger partial charge in [-0.1, -0.05) is 54.1 Å². The summed E-state index contributed by atoms with van der Waals surface area (Å²) in [5.74, 6) is -0.825. The van der Waals surface area contributed by atoms with Crippen molar-refractivity contribution in [2.75, 3.05) is 18.2 Å². The minimum atomic E-state index is -1.02. The van der Waals surface area contributed by atoms with Gasteiger partial charge in [-0.05, 0) is 36.2 Å². The summed E-state index contributed by atoms with van der Waals surface area (Å²) in [5.41, 5.74) is 7.41. The number of hydrogen-bond acceptors (Lipinski definition) is 7. The molecule has 4 aromatic rings. The van der Waals surface area contributed by atoms with Crippen LogP contribution in [0.2, 0.25) is 0 Å². The normalized spacial score (nSPS) is 14.4. The first-order valence-electron chi connectivity index (χ1n) is 10.8. The summed E-state index contributed by atoms with van der Waals surface area (Å²) in [4.78, 5) is 35.7. The highest BCUT2D eigenvalue weighted by Crippen LogP contribution is 2.33. The van der Waals surface area contributed by atoms with Crippen molar-refractivity contribution in [1.82, 2.24) is 15.6 Å². The Balaban J connectivity index is 1.49. The van der Waals surface area contributed by atoms with E-state index in [0.29, 0.717) is 23.5 Å². The molecule has 0 saturated carbocycles. The van der Waals surface area contributed by atoms with Crippen LogP contribution in [0.5, 0.6) is 0 Å². The smallest absolute Gasteiger partial charge is 0.347 e. The molecule has 0 radical (unpaired) electrons. The van der Waals surface area contributed by atoms with E-state index in [4.69, 9.17) is 9.57 Å². The highest BCUT2D eigenvalue weighted by Gasteiger charge is 2.24. The molecule has 1 saturated heterocycles. The number of carbonyl (C=O) groups excluding carboxylic acids is 1. The maximum absolute atomic E-state index is 11.6. The number of imidazole rings is 1. The number of carboxylic acid groups (broad SMARTS) is 1. The van der Waals surface area contributed by atoms with Gasteiger partial charge >= 0.3 is 11.9 Å². The predicted molar refractivity (Wildman–Crippen MR) is 125 cm³/mol. The molecule has 0 amide bonds. The zero-order valence-electron chi connectivity index (χ0n) is 18.3. The van der Waals surface area contributed by atoms with E-state index in [1.807, 2.05) is 55.5 Å². The van der Waals surface area contributed by atoms with Gasteiger partial charge in [0, 0.05) is 12.2 Å². The predicted octanol–water partition coefficient (Wildman–Crippen LogP) is 3.84. The summed E-state index contributed by atoms with van der Waals surface area (Å²) in [7, 11) is 0. The number of carbonyl (C=O) groups is 2. The van der Waals surface area contributed by atoms with Gasteiger partial charge in [-0.2, -0.15) is 0 Å². The first kappa shape index (κ1) is 21.6. The summed E-state index contributed by atoms with van der Waals surface area (Å²) >= 11 is 0. The number of carboxylic acids is 1. The van der Waals surface area contributed by atoms with Gasteiger partial charge in [-0.25, -0.2) is 14.6 Å². The van der Waals surface area contributed by atoms with E-state index >= 15 is 0 Å². The summed E-state index contributed by atoms with van der Waals surface area (Å²) < 4.78 is 5.99. The summed E-state index contributed by atoms with van der Waals surface area (Å²) in [6, 6.07) is 20.6. The highest BCUT2D eigenvalue weighted by atomic mass is 16.7. The molecule has 9 heteroatoms. The van der Waals surface area contributed by atoms with Crippen molar-refractivity contribution in [3.05, 3.63) is 83.7 Å². The lowest BCUT2D eigenvalue weighted by atomic mass is 10.00. The van der Waals surface area contributed by atoms with Gasteiger partial charge in [0.1, 0.15) is 18.5 Å². The van der Waals surface area contributed by atoms with Crippen LogP contribution >= 0.6 is 0 Å². The molecule has 1 aliphatic heterocycles. The number of ether oxygens (including phenoxy) is 1. The summed E-state index contributed by atoms with van der Waals surface area (Å²) in [6.07, 6.45) is -0.491. The molecule has 3 aromatic carbocycles. The molecule has 9 nitrogen and oxygen atoms in total. The molecule has 1 fully saturated rings. The fourth-order valence-corrected chi connectivity index (χ4v) is 4.08. The minimum absolute atomic E-state index is 0.117. The van der Waals surface area contributed by atoms with Crippen molar-refractivity contribution in [2.24, 2.45) is 0 Å². The van der Waals surface area contributed by atoms with E-state index < -0.39 is 12.1 Å². The van der Waals surface area contributed by atoms with Crippen LogP contribution in [0.15, 0.2) is 66.7 Å². The van der Waals surface area contributed by atoms with Crippen LogP contribution in [-0.2, 0) is 14.4 Å². The van der Waals surface area contributed by atoms with Gasteiger partial charge in [0.15, 0.2) is 0 Å². The van der Waals surface area contributed by atoms with E-state index in [0.717, 1.165) is 22.4 Å². The molecule has 1 atom stereocenters. The number of anilines is 1. The van der Waals surface area contributed by atoms with Crippen LogP contribution in [0.25, 0.3) is 22.2 Å². The van der Waals surface area contributed by atoms with Crippen molar-refractivity contribution in [3.8, 4) is 11.1 Å². The molecular weight excluding hydrogens is 436 g/mol. The molecule has 1 aromatic heterocycles. The molecule has 3 N–H and O–H groups in total. The Bertz CT molecular complexity index is 1370. The molecule has 5 rings (SSSR count). The number of H-pyrrole nitrogens is 1. The highest BCUT2D eigenvalue weighted by molar-refractivity contribution is 6.00. The molecule has 0 aliphatic carbocycles. The Kier molecular flexibility index (Phi) is 5.70. The summed E-state index contributed by atoms with van der Waals surface area (Å²) in [5, 5.41) is 11.1. The fourth-order valence-electron chi connectivity index (χ4n) is 4.08. The number of nitrogens with zero attached hydrogens (tertiary/aromatic N) is 2. The molecular formula is C25H22N4O5. The van der Waals surface area contributed by atoms with Crippen molar-refractivity contribution >= 4 is 28.7 Å². The first-order valence-corrected chi connectivity index (χ1v) is 10.8. The van der Waals surface area contributed by atoms with Crippen molar-refractivity contribution in [3.63, 3.8) is 0 Å². The third kappa shape index (κ3) is 3.98. The van der Waals surface area contributed by atoms with E-state index in [-0.39, 0.29) is 18.1 Å². The van der Waals surface area contributed by atoms with Gasteiger partial charge in [0.2, 0.25) is 0 Å². The first-order chi connectivity index (χ1) is 16.5. The van der Waals surface area contributed by atoms with E-state index in [9.17, 15) is 14.7 Å². The number of hydrazine groups is 1. The zero-order chi connectivity index (χ0) is 23.7. The van der Waals surface area contributed by atoms with Crippen molar-refractivity contribution in [1.29, 1.82) is 0 Å². The molecule has 172 valence electrons. The van der Waals surface area contributed by atoms with Crippen LogP contribution in [-0.4, -0.2) is 40.2 Å². The number of rotatable bonds is 7. The standard InChI is InChI=1S/C25H22N4O5/c1-2-33-23(24-26-19-8-5-7-18(25(31)32)22(19)27-24)16-12-10-15(11-13-16)17-6-3-4-9-20(17)29-14-21(30)34-28-29/h3-13,23,28H,2,14H2,1H3,(H,26,27)(H,31,32). The van der Waals surface area contributed by atoms with Gasteiger partial charge in [0.05, 0.1) is 22.3 Å². The number of para-hydroxylation sites is 2. The Hall–Kier alpha value is -4.21. The van der Waals surface area contributed by atoms with Gasteiger partial charge < -0.3 is 19.7 Å². The average molecular weight is 458 g/mol. The Labute approximate surface area is 194 Å². The second kappa shape index (κ2) is 8.97. The third-order valence-corrected chi connectivity index (χ3v) is 5.62. The molecule has 2 heterocycles. The molecule has 0 spiro atoms. The van der Waals surface area contributed by atoms with Gasteiger partial charge in [-0.3, -0.25) is 5.01 Å². The van der Waals surface area contributed by atoms with Crippen LogP contribution in [0.3, 0.4) is 0 Å². The minimum Gasteiger partial charge on any atom is -0.478 e. The lowest BCUT2D eigenvalue weighted by molar-refractivity contribution is -0.142. The number of hydrogen-bond donors (Lipinski definition) is 3. The van der Waals surface area contributed by atoms with Crippen LogP contribution in [0.1, 0.15) is 34.8 Å². The lowest BCUT2D eigenvalue weighted by Gasteiger charge is -2.19. The number of benzene rings is 3. The molecule has 1 unspecified atom stereocenters. The van der Waals surface area contributed by atoms with Crippen molar-refractivity contribution < 1.29 is 24.3 Å². The quantitative estimate of drug-likeness (QED) is 0.383. The number of nitrogens with one attached hydrogen (secondary N) is 2. The number of aromatic carboxylic acids is 1. The second-order valence-electron chi connectivity index (χ2n) is 7.75. The van der Waals surface area contributed by atoms with Crippen LogP contribution in [0.4, 0.5) is 5.69 Å². The average Bonchev–Trinajstić information content (AvgIpc) is 3.48. The maximum atomic E-state index is 11.6. The third-order valence-electron chi connectivity index (χ3n) is 5.62. The monoisotopic (exact) mass is 458 g/mol. The Morgan fingerprint density at radius 3 is 2.65 bits per heavy atom. The number of aromatic amines is 1. The zero-order valence-corrected chi connectivity index (χ0v) is 18.3. The Morgan fingerprint density at radius 2 is 1.94 bits per heavy atom. The van der Waals surface area contributed by atoms with E-state index in [2.05, 4.69) is 15.6 Å². The van der Waals surface area contributed by atoms with Crippen molar-refractivity contribution in [2.45, 2.75) is 13.0 Å². The van der Waals surface area contributed by atoms with Crippen LogP contribution < -0.4 is 10.6 Å². The SMILES string of the molecule is CCOC(c1ccc(-c2ccccc2N2CC(=O)ON2)cc1)c1nc2cccc(C(=O)O)c2[nH]1. The maximum Gasteiger partial charge on any atom is 0.347 e. The fraction of sp³-hybridized carbons (Fsp3) is 0.160. The topological polar surface area (TPSA) is 117 Å². The number of fused-ring (bicyclic) bond motifs is 1. The second-order valence-corrected chi connectivity index (χ2v) is 7.75. The number of aromatic nitrogens is 2. The van der Waals surface area contributed by atoms with Gasteiger partial charge in [-0.15, -0.1) is 0 Å².